The molecule has 208 valence electrons. The average molecular weight is 635 g/mol. The van der Waals surface area contributed by atoms with E-state index in [4.69, 9.17) is 11.6 Å². The SMILES string of the molecule is CCCCNC(=O)C(C)N(Cc1ccc(Br)cc1)C(=O)CN(c1ccc(C)c(Cl)c1)S(=O)(=O)c1ccccc1. The molecule has 10 heteroatoms. The van der Waals surface area contributed by atoms with Crippen molar-refractivity contribution < 1.29 is 18.0 Å². The molecule has 1 atom stereocenters. The first-order chi connectivity index (χ1) is 18.5. The highest BCUT2D eigenvalue weighted by atomic mass is 79.9. The quantitative estimate of drug-likeness (QED) is 0.250. The molecule has 0 saturated carbocycles. The van der Waals surface area contributed by atoms with Gasteiger partial charge in [-0.3, -0.25) is 13.9 Å². The highest BCUT2D eigenvalue weighted by molar-refractivity contribution is 9.10. The van der Waals surface area contributed by atoms with Crippen LogP contribution in [-0.4, -0.2) is 44.3 Å². The lowest BCUT2D eigenvalue weighted by Gasteiger charge is -2.32. The standard InChI is InChI=1S/C29H33BrClN3O4S/c1-4-5-17-32-29(36)22(3)33(19-23-12-14-24(30)15-13-23)28(35)20-34(25-16-11-21(2)27(31)18-25)39(37,38)26-9-7-6-8-10-26/h6-16,18,22H,4-5,17,19-20H2,1-3H3,(H,32,36). The van der Waals surface area contributed by atoms with Crippen LogP contribution in [0, 0.1) is 6.92 Å². The number of rotatable bonds is 12. The van der Waals surface area contributed by atoms with Crippen LogP contribution < -0.4 is 9.62 Å². The van der Waals surface area contributed by atoms with Gasteiger partial charge in [0.05, 0.1) is 10.6 Å². The first-order valence-corrected chi connectivity index (χ1v) is 15.3. The molecule has 3 aromatic rings. The molecule has 0 aliphatic heterocycles. The minimum atomic E-state index is -4.13. The zero-order chi connectivity index (χ0) is 28.6. The van der Waals surface area contributed by atoms with Crippen molar-refractivity contribution in [3.8, 4) is 0 Å². The Labute approximate surface area is 244 Å². The molecule has 0 spiro atoms. The molecule has 1 N–H and O–H groups in total. The van der Waals surface area contributed by atoms with Crippen molar-refractivity contribution in [3.05, 3.63) is 93.4 Å². The number of sulfonamides is 1. The smallest absolute Gasteiger partial charge is 0.264 e. The highest BCUT2D eigenvalue weighted by Gasteiger charge is 2.32. The number of carbonyl (C=O) groups is 2. The number of unbranched alkanes of at least 4 members (excludes halogenated alkanes) is 1. The number of carbonyl (C=O) groups excluding carboxylic acids is 2. The first-order valence-electron chi connectivity index (χ1n) is 12.7. The summed E-state index contributed by atoms with van der Waals surface area (Å²) in [5, 5.41) is 3.26. The third-order valence-corrected chi connectivity index (χ3v) is 9.04. The maximum Gasteiger partial charge on any atom is 0.264 e. The number of anilines is 1. The van der Waals surface area contributed by atoms with E-state index in [9.17, 15) is 18.0 Å². The molecular weight excluding hydrogens is 602 g/mol. The molecule has 0 aromatic heterocycles. The van der Waals surface area contributed by atoms with Crippen LogP contribution in [-0.2, 0) is 26.2 Å². The van der Waals surface area contributed by atoms with E-state index < -0.39 is 28.5 Å². The molecule has 0 aliphatic carbocycles. The number of hydrogen-bond donors (Lipinski definition) is 1. The van der Waals surface area contributed by atoms with Crippen molar-refractivity contribution in [3.63, 3.8) is 0 Å². The Morgan fingerprint density at radius 2 is 1.69 bits per heavy atom. The van der Waals surface area contributed by atoms with Crippen LogP contribution in [0.1, 0.15) is 37.8 Å². The van der Waals surface area contributed by atoms with Crippen molar-refractivity contribution >= 4 is 55.1 Å². The molecule has 39 heavy (non-hydrogen) atoms. The Hall–Kier alpha value is -2.88. The van der Waals surface area contributed by atoms with Gasteiger partial charge in [0.25, 0.3) is 10.0 Å². The van der Waals surface area contributed by atoms with Crippen LogP contribution in [0.4, 0.5) is 5.69 Å². The minimum absolute atomic E-state index is 0.0410. The summed E-state index contributed by atoms with van der Waals surface area (Å²) >= 11 is 9.76. The van der Waals surface area contributed by atoms with E-state index in [2.05, 4.69) is 21.2 Å². The van der Waals surface area contributed by atoms with Crippen LogP contribution in [0.15, 0.2) is 82.2 Å². The number of hydrogen-bond acceptors (Lipinski definition) is 4. The molecule has 1 unspecified atom stereocenters. The van der Waals surface area contributed by atoms with E-state index in [0.29, 0.717) is 11.6 Å². The molecule has 0 bridgehead atoms. The Kier molecular flexibility index (Phi) is 11.0. The number of amides is 2. The molecular formula is C29H33BrClN3O4S. The molecule has 0 saturated heterocycles. The van der Waals surface area contributed by atoms with Gasteiger partial charge < -0.3 is 10.2 Å². The largest absolute Gasteiger partial charge is 0.354 e. The van der Waals surface area contributed by atoms with Crippen LogP contribution >= 0.6 is 27.5 Å². The number of benzene rings is 3. The van der Waals surface area contributed by atoms with E-state index in [0.717, 1.165) is 32.7 Å². The van der Waals surface area contributed by atoms with Crippen molar-refractivity contribution in [1.82, 2.24) is 10.2 Å². The predicted molar refractivity (Wildman–Crippen MR) is 159 cm³/mol. The second-order valence-corrected chi connectivity index (χ2v) is 12.4. The van der Waals surface area contributed by atoms with Crippen molar-refractivity contribution in [2.75, 3.05) is 17.4 Å². The van der Waals surface area contributed by atoms with Gasteiger partial charge in [-0.25, -0.2) is 8.42 Å². The fourth-order valence-electron chi connectivity index (χ4n) is 3.89. The summed E-state index contributed by atoms with van der Waals surface area (Å²) in [5.41, 5.74) is 1.83. The topological polar surface area (TPSA) is 86.8 Å². The maximum absolute atomic E-state index is 13.9. The zero-order valence-corrected chi connectivity index (χ0v) is 25.4. The second-order valence-electron chi connectivity index (χ2n) is 9.23. The normalized spacial score (nSPS) is 12.0. The number of aryl methyl sites for hydroxylation is 1. The number of nitrogens with one attached hydrogen (secondary N) is 1. The molecule has 2 amide bonds. The fourth-order valence-corrected chi connectivity index (χ4v) is 5.76. The Morgan fingerprint density at radius 3 is 2.31 bits per heavy atom. The van der Waals surface area contributed by atoms with Crippen LogP contribution in [0.25, 0.3) is 0 Å². The monoisotopic (exact) mass is 633 g/mol. The molecule has 3 rings (SSSR count). The van der Waals surface area contributed by atoms with Gasteiger partial charge in [0, 0.05) is 22.6 Å². The van der Waals surface area contributed by atoms with Crippen molar-refractivity contribution in [1.29, 1.82) is 0 Å². The molecule has 0 radical (unpaired) electrons. The van der Waals surface area contributed by atoms with Gasteiger partial charge in [0.15, 0.2) is 0 Å². The Balaban J connectivity index is 2.00. The molecule has 0 heterocycles. The van der Waals surface area contributed by atoms with Crippen LogP contribution in [0.2, 0.25) is 5.02 Å². The summed E-state index contributed by atoms with van der Waals surface area (Å²) < 4.78 is 29.5. The van der Waals surface area contributed by atoms with E-state index in [-0.39, 0.29) is 23.0 Å². The highest BCUT2D eigenvalue weighted by Crippen LogP contribution is 2.28. The van der Waals surface area contributed by atoms with Gasteiger partial charge in [-0.15, -0.1) is 0 Å². The second kappa shape index (κ2) is 14.0. The lowest BCUT2D eigenvalue weighted by molar-refractivity contribution is -0.139. The minimum Gasteiger partial charge on any atom is -0.354 e. The van der Waals surface area contributed by atoms with Gasteiger partial charge in [-0.05, 0) is 67.8 Å². The third kappa shape index (κ3) is 8.06. The van der Waals surface area contributed by atoms with Gasteiger partial charge >= 0.3 is 0 Å². The molecule has 0 fully saturated rings. The van der Waals surface area contributed by atoms with E-state index in [1.807, 2.05) is 38.1 Å². The van der Waals surface area contributed by atoms with Crippen LogP contribution in [0.3, 0.4) is 0 Å². The Morgan fingerprint density at radius 1 is 1.03 bits per heavy atom. The maximum atomic E-state index is 13.9. The summed E-state index contributed by atoms with van der Waals surface area (Å²) in [4.78, 5) is 28.4. The van der Waals surface area contributed by atoms with Gasteiger partial charge in [-0.2, -0.15) is 0 Å². The molecule has 3 aromatic carbocycles. The summed E-state index contributed by atoms with van der Waals surface area (Å²) in [6, 6.07) is 19.4. The molecule has 0 aliphatic rings. The summed E-state index contributed by atoms with van der Waals surface area (Å²) in [5.74, 6) is -0.822. The Bertz CT molecular complexity index is 1390. The zero-order valence-electron chi connectivity index (χ0n) is 22.2. The van der Waals surface area contributed by atoms with Gasteiger partial charge in [0.1, 0.15) is 12.6 Å². The summed E-state index contributed by atoms with van der Waals surface area (Å²) in [7, 11) is -4.13. The lowest BCUT2D eigenvalue weighted by Crippen LogP contribution is -2.51. The molecule has 7 nitrogen and oxygen atoms in total. The van der Waals surface area contributed by atoms with Crippen molar-refractivity contribution in [2.24, 2.45) is 0 Å². The van der Waals surface area contributed by atoms with E-state index >= 15 is 0 Å². The van der Waals surface area contributed by atoms with Crippen molar-refractivity contribution in [2.45, 2.75) is 51.1 Å². The first kappa shape index (κ1) is 30.7. The van der Waals surface area contributed by atoms with Gasteiger partial charge in [-0.1, -0.05) is 77.3 Å². The summed E-state index contributed by atoms with van der Waals surface area (Å²) in [6.07, 6.45) is 1.73. The van der Waals surface area contributed by atoms with Crippen LogP contribution in [0.5, 0.6) is 0 Å². The third-order valence-electron chi connectivity index (χ3n) is 6.32. The number of halogens is 2. The average Bonchev–Trinajstić information content (AvgIpc) is 2.93. The van der Waals surface area contributed by atoms with E-state index in [1.54, 1.807) is 37.3 Å². The van der Waals surface area contributed by atoms with Gasteiger partial charge in [0.2, 0.25) is 11.8 Å². The predicted octanol–water partition coefficient (Wildman–Crippen LogP) is 5.94. The fraction of sp³-hybridized carbons (Fsp3) is 0.310. The lowest BCUT2D eigenvalue weighted by atomic mass is 10.1. The summed E-state index contributed by atoms with van der Waals surface area (Å²) in [6.45, 7) is 5.60. The van der Waals surface area contributed by atoms with E-state index in [1.165, 1.54) is 23.1 Å². The number of nitrogens with zero attached hydrogens (tertiary/aromatic N) is 2.